The number of ether oxygens (including phenoxy) is 1. The molecule has 0 saturated heterocycles. The zero-order valence-corrected chi connectivity index (χ0v) is 10.3. The first-order valence-electron chi connectivity index (χ1n) is 4.79. The number of halogens is 3. The first-order valence-corrected chi connectivity index (χ1v) is 5.55. The highest BCUT2D eigenvalue weighted by atomic mass is 35.5. The van der Waals surface area contributed by atoms with Gasteiger partial charge >= 0.3 is 0 Å². The van der Waals surface area contributed by atoms with Crippen molar-refractivity contribution in [3.63, 3.8) is 0 Å². The van der Waals surface area contributed by atoms with Crippen molar-refractivity contribution < 1.29 is 9.13 Å². The van der Waals surface area contributed by atoms with Crippen molar-refractivity contribution in [3.05, 3.63) is 51.9 Å². The van der Waals surface area contributed by atoms with Gasteiger partial charge in [-0.05, 0) is 18.2 Å². The SMILES string of the molecule is N#Cc1ccnc(Oc2ccc(F)c(Cl)c2)c1Cl. The molecule has 2 rings (SSSR count). The minimum Gasteiger partial charge on any atom is -0.437 e. The van der Waals surface area contributed by atoms with Gasteiger partial charge in [-0.1, -0.05) is 23.2 Å². The second-order valence-corrected chi connectivity index (χ2v) is 4.05. The van der Waals surface area contributed by atoms with Crippen LogP contribution in [0.5, 0.6) is 11.6 Å². The molecule has 0 unspecified atom stereocenters. The molecular formula is C12H5Cl2FN2O. The zero-order valence-electron chi connectivity index (χ0n) is 8.82. The standard InChI is InChI=1S/C12H5Cl2FN2O/c13-9-5-8(1-2-10(9)15)18-12-11(14)7(6-16)3-4-17-12/h1-5H. The average Bonchev–Trinajstić information content (AvgIpc) is 2.36. The summed E-state index contributed by atoms with van der Waals surface area (Å²) in [6.07, 6.45) is 1.39. The Bertz CT molecular complexity index is 640. The molecule has 2 aromatic rings. The number of aromatic nitrogens is 1. The van der Waals surface area contributed by atoms with Crippen molar-refractivity contribution >= 4 is 23.2 Å². The molecule has 1 aromatic carbocycles. The second kappa shape index (κ2) is 5.21. The maximum atomic E-state index is 13.0. The molecule has 0 aliphatic carbocycles. The van der Waals surface area contributed by atoms with Crippen LogP contribution in [0.2, 0.25) is 10.0 Å². The molecule has 0 aliphatic heterocycles. The van der Waals surface area contributed by atoms with Crippen molar-refractivity contribution in [2.24, 2.45) is 0 Å². The first-order chi connectivity index (χ1) is 8.61. The van der Waals surface area contributed by atoms with Crippen LogP contribution in [0.1, 0.15) is 5.56 Å². The topological polar surface area (TPSA) is 45.9 Å². The lowest BCUT2D eigenvalue weighted by Gasteiger charge is -2.07. The Balaban J connectivity index is 2.35. The van der Waals surface area contributed by atoms with Crippen molar-refractivity contribution in [2.45, 2.75) is 0 Å². The lowest BCUT2D eigenvalue weighted by Crippen LogP contribution is -1.91. The van der Waals surface area contributed by atoms with E-state index in [1.54, 1.807) is 0 Å². The number of hydrogen-bond acceptors (Lipinski definition) is 3. The van der Waals surface area contributed by atoms with Gasteiger partial charge in [-0.3, -0.25) is 0 Å². The third kappa shape index (κ3) is 2.53. The Morgan fingerprint density at radius 2 is 2.06 bits per heavy atom. The summed E-state index contributed by atoms with van der Waals surface area (Å²) in [7, 11) is 0. The van der Waals surface area contributed by atoms with Crippen molar-refractivity contribution in [1.29, 1.82) is 5.26 Å². The van der Waals surface area contributed by atoms with Crippen LogP contribution in [0.25, 0.3) is 0 Å². The molecule has 18 heavy (non-hydrogen) atoms. The molecule has 0 spiro atoms. The largest absolute Gasteiger partial charge is 0.437 e. The quantitative estimate of drug-likeness (QED) is 0.830. The van der Waals surface area contributed by atoms with E-state index in [1.165, 1.54) is 30.5 Å². The molecule has 0 amide bonds. The van der Waals surface area contributed by atoms with E-state index >= 15 is 0 Å². The number of hydrogen-bond donors (Lipinski definition) is 0. The van der Waals surface area contributed by atoms with E-state index < -0.39 is 5.82 Å². The Morgan fingerprint density at radius 1 is 1.28 bits per heavy atom. The molecule has 0 N–H and O–H groups in total. The molecule has 90 valence electrons. The van der Waals surface area contributed by atoms with E-state index in [9.17, 15) is 4.39 Å². The minimum absolute atomic E-state index is 0.0680. The average molecular weight is 283 g/mol. The van der Waals surface area contributed by atoms with Crippen molar-refractivity contribution in [3.8, 4) is 17.7 Å². The predicted molar refractivity (Wildman–Crippen MR) is 65.4 cm³/mol. The Labute approximate surface area is 112 Å². The molecule has 3 nitrogen and oxygen atoms in total. The van der Waals surface area contributed by atoms with E-state index in [4.69, 9.17) is 33.2 Å². The van der Waals surface area contributed by atoms with Crippen molar-refractivity contribution in [2.75, 3.05) is 0 Å². The fourth-order valence-electron chi connectivity index (χ4n) is 1.23. The van der Waals surface area contributed by atoms with Gasteiger partial charge in [0.05, 0.1) is 10.6 Å². The van der Waals surface area contributed by atoms with Crippen LogP contribution in [0, 0.1) is 17.1 Å². The number of benzene rings is 1. The van der Waals surface area contributed by atoms with Crippen LogP contribution >= 0.6 is 23.2 Å². The maximum absolute atomic E-state index is 13.0. The third-order valence-corrected chi connectivity index (χ3v) is 2.74. The van der Waals surface area contributed by atoms with Gasteiger partial charge in [0.15, 0.2) is 0 Å². The van der Waals surface area contributed by atoms with Crippen LogP contribution in [0.4, 0.5) is 4.39 Å². The van der Waals surface area contributed by atoms with Crippen LogP contribution in [0.15, 0.2) is 30.5 Å². The smallest absolute Gasteiger partial charge is 0.239 e. The van der Waals surface area contributed by atoms with Gasteiger partial charge in [0, 0.05) is 12.3 Å². The molecule has 0 aliphatic rings. The number of pyridine rings is 1. The number of nitrogens with zero attached hydrogens (tertiary/aromatic N) is 2. The summed E-state index contributed by atoms with van der Waals surface area (Å²) in [6.45, 7) is 0. The summed E-state index contributed by atoms with van der Waals surface area (Å²) >= 11 is 11.5. The Morgan fingerprint density at radius 3 is 2.72 bits per heavy atom. The molecule has 0 bridgehead atoms. The van der Waals surface area contributed by atoms with E-state index in [2.05, 4.69) is 4.98 Å². The lowest BCUT2D eigenvalue weighted by molar-refractivity contribution is 0.461. The van der Waals surface area contributed by atoms with Crippen LogP contribution in [-0.2, 0) is 0 Å². The summed E-state index contributed by atoms with van der Waals surface area (Å²) in [5.74, 6) is -0.196. The normalized spacial score (nSPS) is 9.89. The summed E-state index contributed by atoms with van der Waals surface area (Å²) in [5.41, 5.74) is 0.245. The summed E-state index contributed by atoms with van der Waals surface area (Å²) in [6, 6.07) is 7.22. The van der Waals surface area contributed by atoms with E-state index in [1.807, 2.05) is 6.07 Å². The van der Waals surface area contributed by atoms with Gasteiger partial charge < -0.3 is 4.74 Å². The summed E-state index contributed by atoms with van der Waals surface area (Å²) in [4.78, 5) is 3.89. The third-order valence-electron chi connectivity index (χ3n) is 2.08. The zero-order chi connectivity index (χ0) is 13.1. The monoisotopic (exact) mass is 282 g/mol. The highest BCUT2D eigenvalue weighted by Crippen LogP contribution is 2.31. The molecule has 0 fully saturated rings. The van der Waals surface area contributed by atoms with Gasteiger partial charge in [0.2, 0.25) is 5.88 Å². The van der Waals surface area contributed by atoms with Gasteiger partial charge in [-0.25, -0.2) is 9.37 Å². The highest BCUT2D eigenvalue weighted by molar-refractivity contribution is 6.33. The molecule has 1 aromatic heterocycles. The van der Waals surface area contributed by atoms with Crippen LogP contribution in [-0.4, -0.2) is 4.98 Å². The van der Waals surface area contributed by atoms with Crippen LogP contribution < -0.4 is 4.74 Å². The molecule has 0 atom stereocenters. The Hall–Kier alpha value is -1.83. The number of nitriles is 1. The fraction of sp³-hybridized carbons (Fsp3) is 0. The van der Waals surface area contributed by atoms with Gasteiger partial charge in [0.1, 0.15) is 22.7 Å². The molecule has 1 heterocycles. The van der Waals surface area contributed by atoms with E-state index in [0.717, 1.165) is 0 Å². The second-order valence-electron chi connectivity index (χ2n) is 3.27. The number of rotatable bonds is 2. The maximum Gasteiger partial charge on any atom is 0.239 e. The fourth-order valence-corrected chi connectivity index (χ4v) is 1.60. The van der Waals surface area contributed by atoms with E-state index in [-0.39, 0.29) is 27.2 Å². The predicted octanol–water partition coefficient (Wildman–Crippen LogP) is 4.19. The van der Waals surface area contributed by atoms with Gasteiger partial charge in [0.25, 0.3) is 0 Å². The highest BCUT2D eigenvalue weighted by Gasteiger charge is 2.10. The molecule has 0 radical (unpaired) electrons. The Kier molecular flexibility index (Phi) is 3.66. The molecular weight excluding hydrogens is 278 g/mol. The van der Waals surface area contributed by atoms with Gasteiger partial charge in [-0.15, -0.1) is 0 Å². The minimum atomic E-state index is -0.547. The van der Waals surface area contributed by atoms with Gasteiger partial charge in [-0.2, -0.15) is 5.26 Å². The van der Waals surface area contributed by atoms with Crippen molar-refractivity contribution in [1.82, 2.24) is 4.98 Å². The summed E-state index contributed by atoms with van der Waals surface area (Å²) < 4.78 is 18.3. The first kappa shape index (κ1) is 12.6. The van der Waals surface area contributed by atoms with E-state index in [0.29, 0.717) is 0 Å². The lowest BCUT2D eigenvalue weighted by atomic mass is 10.3. The van der Waals surface area contributed by atoms with Crippen LogP contribution in [0.3, 0.4) is 0 Å². The summed E-state index contributed by atoms with van der Waals surface area (Å²) in [5, 5.41) is 8.83. The molecule has 6 heteroatoms. The molecule has 0 saturated carbocycles.